The second kappa shape index (κ2) is 6.97. The molecule has 0 radical (unpaired) electrons. The van der Waals surface area contributed by atoms with Crippen LogP contribution in [0.5, 0.6) is 0 Å². The second-order valence-corrected chi connectivity index (χ2v) is 5.87. The molecule has 0 aliphatic heterocycles. The zero-order valence-corrected chi connectivity index (χ0v) is 12.2. The molecular weight excluding hydrogens is 214 g/mol. The molecule has 0 spiro atoms. The van der Waals surface area contributed by atoms with Crippen LogP contribution in [0.2, 0.25) is 0 Å². The average Bonchev–Trinajstić information content (AvgIpc) is 2.25. The normalized spacial score (nSPS) is 15.8. The van der Waals surface area contributed by atoms with Crippen molar-refractivity contribution >= 4 is 5.91 Å². The van der Waals surface area contributed by atoms with E-state index >= 15 is 0 Å². The highest BCUT2D eigenvalue weighted by Crippen LogP contribution is 2.16. The van der Waals surface area contributed by atoms with Crippen molar-refractivity contribution in [2.45, 2.75) is 53.1 Å². The molecule has 0 aromatic carbocycles. The number of rotatable bonds is 6. The van der Waals surface area contributed by atoms with E-state index in [2.05, 4.69) is 31.1 Å². The van der Waals surface area contributed by atoms with Crippen LogP contribution < -0.4 is 11.1 Å². The van der Waals surface area contributed by atoms with Crippen molar-refractivity contribution in [2.75, 3.05) is 20.1 Å². The number of carbonyl (C=O) groups excluding carboxylic acids is 1. The highest BCUT2D eigenvalue weighted by Gasteiger charge is 2.27. The van der Waals surface area contributed by atoms with Gasteiger partial charge in [0, 0.05) is 19.1 Å². The van der Waals surface area contributed by atoms with Crippen LogP contribution in [-0.4, -0.2) is 43.0 Å². The number of nitrogens with one attached hydrogen (secondary N) is 1. The van der Waals surface area contributed by atoms with Crippen molar-refractivity contribution in [1.82, 2.24) is 10.2 Å². The summed E-state index contributed by atoms with van der Waals surface area (Å²) >= 11 is 0. The van der Waals surface area contributed by atoms with E-state index in [4.69, 9.17) is 5.73 Å². The van der Waals surface area contributed by atoms with Crippen LogP contribution in [0.1, 0.15) is 41.0 Å². The van der Waals surface area contributed by atoms with Gasteiger partial charge in [0.1, 0.15) is 0 Å². The van der Waals surface area contributed by atoms with Gasteiger partial charge in [0.2, 0.25) is 5.91 Å². The van der Waals surface area contributed by atoms with Gasteiger partial charge in [0.05, 0.1) is 6.04 Å². The third-order valence-electron chi connectivity index (χ3n) is 3.32. The van der Waals surface area contributed by atoms with Crippen molar-refractivity contribution in [1.29, 1.82) is 0 Å². The molecule has 0 aromatic heterocycles. The number of likely N-dealkylation sites (N-methyl/N-ethyl adjacent to an activating group) is 1. The fourth-order valence-corrected chi connectivity index (χ4v) is 1.39. The smallest absolute Gasteiger partial charge is 0.237 e. The maximum atomic E-state index is 11.8. The molecule has 1 amide bonds. The molecule has 0 fully saturated rings. The summed E-state index contributed by atoms with van der Waals surface area (Å²) in [5.74, 6) is -0.0601. The molecule has 17 heavy (non-hydrogen) atoms. The van der Waals surface area contributed by atoms with Crippen LogP contribution in [-0.2, 0) is 4.79 Å². The lowest BCUT2D eigenvalue weighted by molar-refractivity contribution is -0.124. The van der Waals surface area contributed by atoms with E-state index in [1.165, 1.54) is 0 Å². The van der Waals surface area contributed by atoms with E-state index in [0.29, 0.717) is 12.6 Å². The van der Waals surface area contributed by atoms with E-state index in [9.17, 15) is 4.79 Å². The Morgan fingerprint density at radius 3 is 2.35 bits per heavy atom. The minimum Gasteiger partial charge on any atom is -0.353 e. The van der Waals surface area contributed by atoms with Gasteiger partial charge in [0.15, 0.2) is 0 Å². The second-order valence-electron chi connectivity index (χ2n) is 5.87. The Labute approximate surface area is 106 Å². The third-order valence-corrected chi connectivity index (χ3v) is 3.32. The molecule has 4 heteroatoms. The van der Waals surface area contributed by atoms with Gasteiger partial charge in [-0.25, -0.2) is 0 Å². The molecule has 3 N–H and O–H groups in total. The van der Waals surface area contributed by atoms with Gasteiger partial charge in [-0.15, -0.1) is 0 Å². The Bertz CT molecular complexity index is 235. The summed E-state index contributed by atoms with van der Waals surface area (Å²) in [5, 5.41) is 2.89. The van der Waals surface area contributed by atoms with Crippen molar-refractivity contribution < 1.29 is 4.79 Å². The van der Waals surface area contributed by atoms with Crippen LogP contribution in [0.3, 0.4) is 0 Å². The molecule has 0 saturated carbocycles. The topological polar surface area (TPSA) is 58.4 Å². The number of nitrogens with two attached hydrogens (primary N) is 1. The SMILES string of the molecule is CCC(C)N(C)CCNC(=O)C(N)C(C)(C)C. The van der Waals surface area contributed by atoms with E-state index in [0.717, 1.165) is 13.0 Å². The van der Waals surface area contributed by atoms with Gasteiger partial charge in [-0.1, -0.05) is 27.7 Å². The van der Waals surface area contributed by atoms with Gasteiger partial charge in [0.25, 0.3) is 0 Å². The molecule has 4 nitrogen and oxygen atoms in total. The maximum Gasteiger partial charge on any atom is 0.237 e. The summed E-state index contributed by atoms with van der Waals surface area (Å²) in [4.78, 5) is 14.0. The molecule has 0 heterocycles. The zero-order chi connectivity index (χ0) is 13.6. The van der Waals surface area contributed by atoms with E-state index in [-0.39, 0.29) is 11.3 Å². The first-order chi connectivity index (χ1) is 7.70. The summed E-state index contributed by atoms with van der Waals surface area (Å²) in [6.45, 7) is 11.8. The molecule has 0 aliphatic carbocycles. The fourth-order valence-electron chi connectivity index (χ4n) is 1.39. The van der Waals surface area contributed by atoms with Crippen LogP contribution >= 0.6 is 0 Å². The van der Waals surface area contributed by atoms with Crippen LogP contribution in [0, 0.1) is 5.41 Å². The zero-order valence-electron chi connectivity index (χ0n) is 12.2. The van der Waals surface area contributed by atoms with Crippen molar-refractivity contribution in [3.05, 3.63) is 0 Å². The van der Waals surface area contributed by atoms with Crippen molar-refractivity contribution in [2.24, 2.45) is 11.1 Å². The van der Waals surface area contributed by atoms with Crippen molar-refractivity contribution in [3.63, 3.8) is 0 Å². The Kier molecular flexibility index (Phi) is 6.72. The lowest BCUT2D eigenvalue weighted by atomic mass is 9.87. The number of carbonyl (C=O) groups is 1. The number of hydrogen-bond donors (Lipinski definition) is 2. The predicted octanol–water partition coefficient (Wildman–Crippen LogP) is 1.21. The third kappa shape index (κ3) is 6.03. The van der Waals surface area contributed by atoms with Gasteiger partial charge in [-0.2, -0.15) is 0 Å². The van der Waals surface area contributed by atoms with E-state index < -0.39 is 6.04 Å². The molecule has 0 aromatic rings. The summed E-state index contributed by atoms with van der Waals surface area (Å²) in [6.07, 6.45) is 1.12. The van der Waals surface area contributed by atoms with Crippen LogP contribution in [0.4, 0.5) is 0 Å². The quantitative estimate of drug-likeness (QED) is 0.737. The molecule has 0 rings (SSSR count). The summed E-state index contributed by atoms with van der Waals surface area (Å²) in [5.41, 5.74) is 5.68. The molecule has 2 unspecified atom stereocenters. The molecule has 102 valence electrons. The molecular formula is C13H29N3O. The van der Waals surface area contributed by atoms with E-state index in [1.807, 2.05) is 20.8 Å². The Morgan fingerprint density at radius 2 is 1.94 bits per heavy atom. The highest BCUT2D eigenvalue weighted by molar-refractivity contribution is 5.82. The molecule has 0 aliphatic rings. The Balaban J connectivity index is 3.94. The summed E-state index contributed by atoms with van der Waals surface area (Å²) in [6, 6.07) is 0.0968. The van der Waals surface area contributed by atoms with Crippen LogP contribution in [0.15, 0.2) is 0 Å². The first-order valence-electron chi connectivity index (χ1n) is 6.43. The lowest BCUT2D eigenvalue weighted by Gasteiger charge is -2.27. The first-order valence-corrected chi connectivity index (χ1v) is 6.43. The van der Waals surface area contributed by atoms with Gasteiger partial charge < -0.3 is 16.0 Å². The lowest BCUT2D eigenvalue weighted by Crippen LogP contribution is -2.50. The first kappa shape index (κ1) is 16.4. The minimum atomic E-state index is -0.448. The monoisotopic (exact) mass is 243 g/mol. The Hall–Kier alpha value is -0.610. The molecule has 2 atom stereocenters. The average molecular weight is 243 g/mol. The van der Waals surface area contributed by atoms with E-state index in [1.54, 1.807) is 0 Å². The largest absolute Gasteiger partial charge is 0.353 e. The summed E-state index contributed by atoms with van der Waals surface area (Å²) in [7, 11) is 2.07. The number of nitrogens with zero attached hydrogens (tertiary/aromatic N) is 1. The summed E-state index contributed by atoms with van der Waals surface area (Å²) < 4.78 is 0. The van der Waals surface area contributed by atoms with Crippen LogP contribution in [0.25, 0.3) is 0 Å². The predicted molar refractivity (Wildman–Crippen MR) is 72.8 cm³/mol. The van der Waals surface area contributed by atoms with Gasteiger partial charge in [-0.05, 0) is 25.8 Å². The minimum absolute atomic E-state index is 0.0601. The highest BCUT2D eigenvalue weighted by atomic mass is 16.2. The van der Waals surface area contributed by atoms with Crippen molar-refractivity contribution in [3.8, 4) is 0 Å². The standard InChI is InChI=1S/C13H29N3O/c1-7-10(2)16(6)9-8-15-12(17)11(14)13(3,4)5/h10-11H,7-9,14H2,1-6H3,(H,15,17). The van der Waals surface area contributed by atoms with Gasteiger partial charge >= 0.3 is 0 Å². The fraction of sp³-hybridized carbons (Fsp3) is 0.923. The Morgan fingerprint density at radius 1 is 1.41 bits per heavy atom. The molecule has 0 bridgehead atoms. The number of hydrogen-bond acceptors (Lipinski definition) is 3. The maximum absolute atomic E-state index is 11.8. The number of amides is 1. The molecule has 0 saturated heterocycles. The van der Waals surface area contributed by atoms with Gasteiger partial charge in [-0.3, -0.25) is 4.79 Å².